The van der Waals surface area contributed by atoms with Crippen LogP contribution in [-0.4, -0.2) is 26.7 Å². The first-order valence-electron chi connectivity index (χ1n) is 3.40. The Morgan fingerprint density at radius 2 is 1.90 bits per heavy atom. The summed E-state index contributed by atoms with van der Waals surface area (Å²) in [4.78, 5) is 20.8. The third kappa shape index (κ3) is 1.33. The molecule has 0 aliphatic carbocycles. The molecule has 1 heterocycles. The van der Waals surface area contributed by atoms with Gasteiger partial charge in [0.15, 0.2) is 0 Å². The summed E-state index contributed by atoms with van der Waals surface area (Å²) in [5.41, 5.74) is 0. The molecule has 1 aliphatic heterocycles. The summed E-state index contributed by atoms with van der Waals surface area (Å²) >= 11 is 0. The lowest BCUT2D eigenvalue weighted by atomic mass is 10.4. The minimum absolute atomic E-state index is 0.587. The zero-order valence-electron chi connectivity index (χ0n) is 5.71. The van der Waals surface area contributed by atoms with E-state index in [2.05, 4.69) is 0 Å². The Labute approximate surface area is 60.5 Å². The van der Waals surface area contributed by atoms with E-state index >= 15 is 0 Å². The summed E-state index contributed by atoms with van der Waals surface area (Å²) in [6, 6.07) is 0.681. The molecule has 1 rings (SSSR count). The molecule has 0 aromatic heterocycles. The zero-order chi connectivity index (χ0) is 7.45. The number of carbonyl (C=O) groups is 2. The van der Waals surface area contributed by atoms with Gasteiger partial charge in [0, 0.05) is 6.61 Å². The van der Waals surface area contributed by atoms with E-state index in [1.54, 1.807) is 0 Å². The first kappa shape index (κ1) is 7.62. The lowest BCUT2D eigenvalue weighted by Gasteiger charge is -2.23. The Morgan fingerprint density at radius 3 is 2.20 bits per heavy atom. The van der Waals surface area contributed by atoms with Gasteiger partial charge < -0.3 is 14.0 Å². The van der Waals surface area contributed by atoms with E-state index in [0.717, 1.165) is 24.7 Å². The SMILES string of the molecule is O=C[Si]1(C=O)CCCCO1. The number of carbonyl (C=O) groups excluding carboxylic acids is 2. The minimum Gasteiger partial charge on any atom is -0.404 e. The van der Waals surface area contributed by atoms with Crippen LogP contribution in [0.3, 0.4) is 0 Å². The molecule has 0 aromatic carbocycles. The summed E-state index contributed by atoms with van der Waals surface area (Å²) in [5, 5.41) is 0. The van der Waals surface area contributed by atoms with Crippen LogP contribution in [0.4, 0.5) is 0 Å². The molecule has 56 valence electrons. The monoisotopic (exact) mass is 158 g/mol. The second-order valence-corrected chi connectivity index (χ2v) is 5.67. The van der Waals surface area contributed by atoms with Gasteiger partial charge in [-0.25, -0.2) is 0 Å². The fourth-order valence-electron chi connectivity index (χ4n) is 1.05. The molecule has 3 nitrogen and oxygen atoms in total. The molecule has 0 bridgehead atoms. The van der Waals surface area contributed by atoms with E-state index < -0.39 is 8.32 Å². The Bertz CT molecular complexity index is 130. The van der Waals surface area contributed by atoms with Crippen molar-refractivity contribution in [2.75, 3.05) is 6.61 Å². The highest BCUT2D eigenvalue weighted by Gasteiger charge is 2.36. The Hall–Kier alpha value is -0.483. The number of hydrogen-bond donors (Lipinski definition) is 0. The van der Waals surface area contributed by atoms with Gasteiger partial charge in [0.25, 0.3) is 0 Å². The smallest absolute Gasteiger partial charge is 0.326 e. The molecule has 1 fully saturated rings. The number of hydrogen-bond acceptors (Lipinski definition) is 3. The van der Waals surface area contributed by atoms with E-state index in [9.17, 15) is 9.59 Å². The number of rotatable bonds is 2. The fourth-order valence-corrected chi connectivity index (χ4v) is 2.95. The second-order valence-electron chi connectivity index (χ2n) is 2.50. The molecule has 0 amide bonds. The Morgan fingerprint density at radius 1 is 1.20 bits per heavy atom. The maximum Gasteiger partial charge on any atom is 0.326 e. The van der Waals surface area contributed by atoms with Gasteiger partial charge in [-0.05, 0) is 12.5 Å². The van der Waals surface area contributed by atoms with Crippen molar-refractivity contribution in [1.29, 1.82) is 0 Å². The van der Waals surface area contributed by atoms with Crippen LogP contribution in [0.2, 0.25) is 6.04 Å². The van der Waals surface area contributed by atoms with E-state index in [0.29, 0.717) is 12.7 Å². The van der Waals surface area contributed by atoms with Crippen molar-refractivity contribution in [1.82, 2.24) is 0 Å². The standard InChI is InChI=1S/C6H10O3Si/c7-5-10(6-8)4-2-1-3-9-10/h5-6H,1-4H2. The third-order valence-corrected chi connectivity index (χ3v) is 4.41. The van der Waals surface area contributed by atoms with Crippen LogP contribution in [-0.2, 0) is 14.0 Å². The van der Waals surface area contributed by atoms with Crippen LogP contribution in [0.5, 0.6) is 0 Å². The average molecular weight is 158 g/mol. The van der Waals surface area contributed by atoms with E-state index in [1.165, 1.54) is 0 Å². The highest BCUT2D eigenvalue weighted by Crippen LogP contribution is 2.17. The molecular weight excluding hydrogens is 148 g/mol. The van der Waals surface area contributed by atoms with Gasteiger partial charge >= 0.3 is 8.32 Å². The van der Waals surface area contributed by atoms with E-state index in [1.807, 2.05) is 0 Å². The molecule has 1 saturated heterocycles. The highest BCUT2D eigenvalue weighted by molar-refractivity contribution is 7.14. The van der Waals surface area contributed by atoms with Gasteiger partial charge in [-0.2, -0.15) is 0 Å². The predicted octanol–water partition coefficient (Wildman–Crippen LogP) is 0.286. The van der Waals surface area contributed by atoms with Crippen molar-refractivity contribution in [3.05, 3.63) is 0 Å². The quantitative estimate of drug-likeness (QED) is 0.428. The maximum atomic E-state index is 10.4. The van der Waals surface area contributed by atoms with Crippen LogP contribution in [0.15, 0.2) is 0 Å². The van der Waals surface area contributed by atoms with Crippen molar-refractivity contribution in [2.24, 2.45) is 0 Å². The molecule has 1 aliphatic rings. The molecular formula is C6H10O3Si. The lowest BCUT2D eigenvalue weighted by molar-refractivity contribution is 0.285. The molecule has 0 unspecified atom stereocenters. The lowest BCUT2D eigenvalue weighted by Crippen LogP contribution is -2.45. The van der Waals surface area contributed by atoms with Gasteiger partial charge in [-0.15, -0.1) is 0 Å². The molecule has 0 spiro atoms. The van der Waals surface area contributed by atoms with Gasteiger partial charge in [0.2, 0.25) is 0 Å². The Balaban J connectivity index is 2.60. The maximum absolute atomic E-state index is 10.4. The molecule has 0 saturated carbocycles. The van der Waals surface area contributed by atoms with E-state index in [4.69, 9.17) is 4.43 Å². The van der Waals surface area contributed by atoms with Crippen LogP contribution < -0.4 is 0 Å². The van der Waals surface area contributed by atoms with Crippen molar-refractivity contribution in [3.8, 4) is 0 Å². The fraction of sp³-hybridized carbons (Fsp3) is 0.667. The first-order valence-corrected chi connectivity index (χ1v) is 5.67. The van der Waals surface area contributed by atoms with Gasteiger partial charge in [-0.1, -0.05) is 6.42 Å². The van der Waals surface area contributed by atoms with Gasteiger partial charge in [-0.3, -0.25) is 0 Å². The van der Waals surface area contributed by atoms with Crippen LogP contribution in [0.1, 0.15) is 12.8 Å². The van der Waals surface area contributed by atoms with Crippen molar-refractivity contribution in [3.63, 3.8) is 0 Å². The Kier molecular flexibility index (Phi) is 2.34. The summed E-state index contributed by atoms with van der Waals surface area (Å²) in [6.07, 6.45) is 1.94. The van der Waals surface area contributed by atoms with Crippen LogP contribution in [0.25, 0.3) is 0 Å². The van der Waals surface area contributed by atoms with Crippen LogP contribution >= 0.6 is 0 Å². The second kappa shape index (κ2) is 3.07. The highest BCUT2D eigenvalue weighted by atomic mass is 28.4. The van der Waals surface area contributed by atoms with Gasteiger partial charge in [0.1, 0.15) is 11.8 Å². The summed E-state index contributed by atoms with van der Waals surface area (Å²) < 4.78 is 5.17. The topological polar surface area (TPSA) is 43.4 Å². The van der Waals surface area contributed by atoms with E-state index in [-0.39, 0.29) is 0 Å². The molecule has 4 heteroatoms. The molecule has 0 aromatic rings. The minimum atomic E-state index is -2.49. The molecule has 0 atom stereocenters. The predicted molar refractivity (Wildman–Crippen MR) is 39.2 cm³/mol. The van der Waals surface area contributed by atoms with Crippen molar-refractivity contribution >= 4 is 20.1 Å². The molecule has 10 heavy (non-hydrogen) atoms. The summed E-state index contributed by atoms with van der Waals surface area (Å²) in [6.45, 7) is 0.587. The largest absolute Gasteiger partial charge is 0.404 e. The normalized spacial score (nSPS) is 23.6. The van der Waals surface area contributed by atoms with Crippen molar-refractivity contribution in [2.45, 2.75) is 18.9 Å². The summed E-state index contributed by atoms with van der Waals surface area (Å²) in [7, 11) is -2.49. The first-order chi connectivity index (χ1) is 4.83. The van der Waals surface area contributed by atoms with Crippen molar-refractivity contribution < 1.29 is 14.0 Å². The average Bonchev–Trinajstić information content (AvgIpc) is 2.06. The molecule has 0 radical (unpaired) electrons. The van der Waals surface area contributed by atoms with Crippen LogP contribution in [0, 0.1) is 0 Å². The zero-order valence-corrected chi connectivity index (χ0v) is 6.71. The molecule has 0 N–H and O–H groups in total. The third-order valence-electron chi connectivity index (χ3n) is 1.73. The van der Waals surface area contributed by atoms with Gasteiger partial charge in [0.05, 0.1) is 0 Å². The summed E-state index contributed by atoms with van der Waals surface area (Å²) in [5.74, 6) is 1.47.